The van der Waals surface area contributed by atoms with Crippen molar-refractivity contribution >= 4 is 0 Å². The van der Waals surface area contributed by atoms with Gasteiger partial charge in [0.25, 0.3) is 0 Å². The molecule has 0 aliphatic heterocycles. The smallest absolute Gasteiger partial charge is 0.126 e. The van der Waals surface area contributed by atoms with Crippen molar-refractivity contribution in [1.82, 2.24) is 9.97 Å². The first-order chi connectivity index (χ1) is 8.29. The number of imidazole rings is 1. The maximum absolute atomic E-state index is 6.09. The number of benzene rings is 1. The summed E-state index contributed by atoms with van der Waals surface area (Å²) >= 11 is 0. The summed E-state index contributed by atoms with van der Waals surface area (Å²) in [5, 5.41) is 0. The molecular weight excluding hydrogens is 222 g/mol. The van der Waals surface area contributed by atoms with Crippen LogP contribution in [0.2, 0.25) is 0 Å². The van der Waals surface area contributed by atoms with E-state index in [0.29, 0.717) is 0 Å². The summed E-state index contributed by atoms with van der Waals surface area (Å²) in [6.07, 6.45) is 0. The number of nitrogens with one attached hydrogen (secondary N) is 1. The third-order valence-electron chi connectivity index (χ3n) is 3.13. The Morgan fingerprint density at radius 3 is 2.33 bits per heavy atom. The van der Waals surface area contributed by atoms with Crippen LogP contribution in [0.5, 0.6) is 0 Å². The molecule has 2 aromatic rings. The highest BCUT2D eigenvalue weighted by Crippen LogP contribution is 2.27. The van der Waals surface area contributed by atoms with Gasteiger partial charge in [-0.1, -0.05) is 23.8 Å². The largest absolute Gasteiger partial charge is 0.344 e. The van der Waals surface area contributed by atoms with Crippen molar-refractivity contribution in [3.05, 3.63) is 40.8 Å². The van der Waals surface area contributed by atoms with Gasteiger partial charge in [0.05, 0.1) is 11.2 Å². The molecule has 96 valence electrons. The monoisotopic (exact) mass is 243 g/mol. The number of nitrogens with two attached hydrogens (primary N) is 1. The van der Waals surface area contributed by atoms with Crippen molar-refractivity contribution in [3.63, 3.8) is 0 Å². The van der Waals surface area contributed by atoms with Crippen molar-refractivity contribution in [2.45, 2.75) is 40.2 Å². The van der Waals surface area contributed by atoms with Crippen LogP contribution in [0.15, 0.2) is 18.2 Å². The fourth-order valence-corrected chi connectivity index (χ4v) is 2.11. The summed E-state index contributed by atoms with van der Waals surface area (Å²) in [4.78, 5) is 7.95. The SMILES string of the molecule is Cc1ccc(-c2nc(C(C)(C)N)[nH]c2C)c(C)c1. The molecule has 0 spiro atoms. The van der Waals surface area contributed by atoms with E-state index in [1.807, 2.05) is 20.8 Å². The minimum atomic E-state index is -0.443. The predicted molar refractivity (Wildman–Crippen MR) is 75.4 cm³/mol. The van der Waals surface area contributed by atoms with Gasteiger partial charge in [0.1, 0.15) is 5.82 Å². The molecule has 0 amide bonds. The van der Waals surface area contributed by atoms with Gasteiger partial charge < -0.3 is 10.7 Å². The number of aromatic nitrogens is 2. The van der Waals surface area contributed by atoms with Gasteiger partial charge in [-0.3, -0.25) is 0 Å². The van der Waals surface area contributed by atoms with Crippen LogP contribution in [-0.2, 0) is 5.54 Å². The number of nitrogens with zero attached hydrogens (tertiary/aromatic N) is 1. The standard InChI is InChI=1S/C15H21N3/c1-9-6-7-12(10(2)8-9)13-11(3)17-14(18-13)15(4,5)16/h6-8H,16H2,1-5H3,(H,17,18). The Labute approximate surface area is 108 Å². The lowest BCUT2D eigenvalue weighted by molar-refractivity contribution is 0.520. The lowest BCUT2D eigenvalue weighted by Crippen LogP contribution is -2.30. The molecule has 0 aliphatic rings. The average Bonchev–Trinajstić information content (AvgIpc) is 2.60. The van der Waals surface area contributed by atoms with Crippen molar-refractivity contribution in [3.8, 4) is 11.3 Å². The maximum atomic E-state index is 6.09. The Bertz CT molecular complexity index is 574. The second kappa shape index (κ2) is 4.25. The third-order valence-corrected chi connectivity index (χ3v) is 3.13. The van der Waals surface area contributed by atoms with E-state index < -0.39 is 5.54 Å². The summed E-state index contributed by atoms with van der Waals surface area (Å²) in [6.45, 7) is 10.2. The van der Waals surface area contributed by atoms with E-state index in [9.17, 15) is 0 Å². The first-order valence-electron chi connectivity index (χ1n) is 6.22. The van der Waals surface area contributed by atoms with Crippen molar-refractivity contribution in [2.75, 3.05) is 0 Å². The molecule has 3 nitrogen and oxygen atoms in total. The lowest BCUT2D eigenvalue weighted by Gasteiger charge is -2.14. The van der Waals surface area contributed by atoms with Gasteiger partial charge in [-0.05, 0) is 40.2 Å². The quantitative estimate of drug-likeness (QED) is 0.851. The van der Waals surface area contributed by atoms with Gasteiger partial charge >= 0.3 is 0 Å². The van der Waals surface area contributed by atoms with Crippen LogP contribution in [0.3, 0.4) is 0 Å². The molecule has 3 heteroatoms. The number of hydrogen-bond acceptors (Lipinski definition) is 2. The zero-order valence-corrected chi connectivity index (χ0v) is 11.8. The highest BCUT2D eigenvalue weighted by atomic mass is 15.0. The molecule has 0 aliphatic carbocycles. The van der Waals surface area contributed by atoms with Crippen LogP contribution in [0.25, 0.3) is 11.3 Å². The predicted octanol–water partition coefficient (Wildman–Crippen LogP) is 3.20. The summed E-state index contributed by atoms with van der Waals surface area (Å²) in [5.74, 6) is 0.829. The highest BCUT2D eigenvalue weighted by Gasteiger charge is 2.21. The lowest BCUT2D eigenvalue weighted by atomic mass is 10.0. The minimum Gasteiger partial charge on any atom is -0.344 e. The van der Waals surface area contributed by atoms with Gasteiger partial charge in [0.15, 0.2) is 0 Å². The molecule has 0 bridgehead atoms. The molecule has 18 heavy (non-hydrogen) atoms. The highest BCUT2D eigenvalue weighted by molar-refractivity contribution is 5.66. The summed E-state index contributed by atoms with van der Waals surface area (Å²) < 4.78 is 0. The molecule has 0 radical (unpaired) electrons. The summed E-state index contributed by atoms with van der Waals surface area (Å²) in [5.41, 5.74) is 11.4. The minimum absolute atomic E-state index is 0.443. The Balaban J connectivity index is 2.55. The topological polar surface area (TPSA) is 54.7 Å². The molecule has 0 saturated heterocycles. The van der Waals surface area contributed by atoms with E-state index in [-0.39, 0.29) is 0 Å². The van der Waals surface area contributed by atoms with E-state index in [1.54, 1.807) is 0 Å². The van der Waals surface area contributed by atoms with Crippen LogP contribution in [0, 0.1) is 20.8 Å². The van der Waals surface area contributed by atoms with Crippen LogP contribution in [0.1, 0.15) is 36.5 Å². The first-order valence-corrected chi connectivity index (χ1v) is 6.22. The van der Waals surface area contributed by atoms with E-state index >= 15 is 0 Å². The van der Waals surface area contributed by atoms with Crippen LogP contribution >= 0.6 is 0 Å². The van der Waals surface area contributed by atoms with E-state index in [2.05, 4.69) is 42.0 Å². The number of aryl methyl sites for hydroxylation is 3. The molecule has 1 aromatic heterocycles. The Kier molecular flexibility index (Phi) is 3.03. The second-order valence-corrected chi connectivity index (χ2v) is 5.60. The van der Waals surface area contributed by atoms with Gasteiger partial charge in [0, 0.05) is 11.3 Å². The molecule has 0 saturated carbocycles. The average molecular weight is 243 g/mol. The Morgan fingerprint density at radius 2 is 1.83 bits per heavy atom. The fraction of sp³-hybridized carbons (Fsp3) is 0.400. The molecule has 3 N–H and O–H groups in total. The van der Waals surface area contributed by atoms with Gasteiger partial charge in [-0.15, -0.1) is 0 Å². The molecule has 0 fully saturated rings. The third kappa shape index (κ3) is 2.31. The summed E-state index contributed by atoms with van der Waals surface area (Å²) in [6, 6.07) is 6.42. The number of H-pyrrole nitrogens is 1. The van der Waals surface area contributed by atoms with Crippen LogP contribution in [0.4, 0.5) is 0 Å². The second-order valence-electron chi connectivity index (χ2n) is 5.60. The van der Waals surface area contributed by atoms with Gasteiger partial charge in [-0.2, -0.15) is 0 Å². The van der Waals surface area contributed by atoms with E-state index in [4.69, 9.17) is 5.73 Å². The number of aromatic amines is 1. The van der Waals surface area contributed by atoms with Crippen LogP contribution < -0.4 is 5.73 Å². The first kappa shape index (κ1) is 12.8. The van der Waals surface area contributed by atoms with Gasteiger partial charge in [-0.25, -0.2) is 4.98 Å². The molecule has 0 atom stereocenters. The number of hydrogen-bond donors (Lipinski definition) is 2. The Hall–Kier alpha value is -1.61. The Morgan fingerprint density at radius 1 is 1.17 bits per heavy atom. The van der Waals surface area contributed by atoms with Crippen molar-refractivity contribution in [2.24, 2.45) is 5.73 Å². The molecule has 0 unspecified atom stereocenters. The molecule has 2 rings (SSSR count). The molecule has 1 heterocycles. The number of rotatable bonds is 2. The maximum Gasteiger partial charge on any atom is 0.126 e. The van der Waals surface area contributed by atoms with Crippen molar-refractivity contribution < 1.29 is 0 Å². The van der Waals surface area contributed by atoms with Gasteiger partial charge in [0.2, 0.25) is 0 Å². The van der Waals surface area contributed by atoms with E-state index in [0.717, 1.165) is 17.2 Å². The molecular formula is C15H21N3. The normalized spacial score (nSPS) is 11.9. The molecule has 1 aromatic carbocycles. The zero-order chi connectivity index (χ0) is 13.5. The zero-order valence-electron chi connectivity index (χ0n) is 11.8. The summed E-state index contributed by atoms with van der Waals surface area (Å²) in [7, 11) is 0. The van der Waals surface area contributed by atoms with Crippen molar-refractivity contribution in [1.29, 1.82) is 0 Å². The van der Waals surface area contributed by atoms with Crippen LogP contribution in [-0.4, -0.2) is 9.97 Å². The fourth-order valence-electron chi connectivity index (χ4n) is 2.11. The van der Waals surface area contributed by atoms with E-state index in [1.165, 1.54) is 16.7 Å².